The Balaban J connectivity index is 0.00000225. The number of methoxy groups -OCH3 is 1. The minimum Gasteiger partial charge on any atom is -0.497 e. The van der Waals surface area contributed by atoms with Crippen molar-refractivity contribution in [1.82, 2.24) is 4.90 Å². The van der Waals surface area contributed by atoms with Gasteiger partial charge < -0.3 is 10.1 Å². The zero-order valence-electron chi connectivity index (χ0n) is 14.6. The minimum absolute atomic E-state index is 0. The molecule has 6 heteroatoms. The fraction of sp³-hybridized carbons (Fsp3) is 0.263. The van der Waals surface area contributed by atoms with Crippen molar-refractivity contribution in [1.29, 1.82) is 0 Å². The van der Waals surface area contributed by atoms with E-state index in [1.54, 1.807) is 12.0 Å². The van der Waals surface area contributed by atoms with E-state index in [1.165, 1.54) is 0 Å². The number of halogens is 1. The molecule has 0 bridgehead atoms. The molecule has 1 aliphatic heterocycles. The van der Waals surface area contributed by atoms with E-state index in [1.807, 2.05) is 38.1 Å². The van der Waals surface area contributed by atoms with Crippen LogP contribution in [0.25, 0.3) is 0 Å². The molecular weight excluding hydrogens is 338 g/mol. The van der Waals surface area contributed by atoms with Crippen LogP contribution in [-0.4, -0.2) is 30.4 Å². The second-order valence-electron chi connectivity index (χ2n) is 5.91. The van der Waals surface area contributed by atoms with Crippen molar-refractivity contribution in [3.63, 3.8) is 0 Å². The summed E-state index contributed by atoms with van der Waals surface area (Å²) in [5.41, 5.74) is 4.28. The first kappa shape index (κ1) is 18.8. The van der Waals surface area contributed by atoms with Crippen LogP contribution in [-0.2, 0) is 11.3 Å². The maximum Gasteiger partial charge on any atom is 0.251 e. The van der Waals surface area contributed by atoms with Crippen molar-refractivity contribution in [3.05, 3.63) is 59.2 Å². The SMILES string of the molecule is COc1ccc(CN2C(=O)CN=C2Nc2cc(C)ccc2C)cc1.Cl. The molecule has 0 saturated carbocycles. The van der Waals surface area contributed by atoms with Crippen LogP contribution in [0.4, 0.5) is 5.69 Å². The summed E-state index contributed by atoms with van der Waals surface area (Å²) in [6.07, 6.45) is 0. The van der Waals surface area contributed by atoms with E-state index in [4.69, 9.17) is 4.74 Å². The first-order valence-electron chi connectivity index (χ1n) is 7.89. The van der Waals surface area contributed by atoms with Crippen molar-refractivity contribution in [2.75, 3.05) is 19.0 Å². The van der Waals surface area contributed by atoms with Gasteiger partial charge >= 0.3 is 0 Å². The normalized spacial score (nSPS) is 13.3. The van der Waals surface area contributed by atoms with E-state index >= 15 is 0 Å². The quantitative estimate of drug-likeness (QED) is 0.908. The molecule has 0 saturated heterocycles. The standard InChI is InChI=1S/C19H21N3O2.ClH/c1-13-4-5-14(2)17(10-13)21-19-20-11-18(23)22(19)12-15-6-8-16(24-3)9-7-15;/h4-10H,11-12H2,1-3H3,(H,20,21);1H. The van der Waals surface area contributed by atoms with E-state index in [2.05, 4.69) is 28.5 Å². The Labute approximate surface area is 154 Å². The lowest BCUT2D eigenvalue weighted by molar-refractivity contribution is -0.125. The van der Waals surface area contributed by atoms with Gasteiger partial charge in [-0.15, -0.1) is 12.4 Å². The predicted octanol–water partition coefficient (Wildman–Crippen LogP) is 3.54. The van der Waals surface area contributed by atoms with Crippen LogP contribution >= 0.6 is 12.4 Å². The molecule has 1 amide bonds. The van der Waals surface area contributed by atoms with Gasteiger partial charge in [-0.25, -0.2) is 4.99 Å². The zero-order valence-corrected chi connectivity index (χ0v) is 15.4. The Morgan fingerprint density at radius 2 is 1.88 bits per heavy atom. The number of anilines is 1. The molecule has 0 spiro atoms. The summed E-state index contributed by atoms with van der Waals surface area (Å²) in [4.78, 5) is 18.2. The summed E-state index contributed by atoms with van der Waals surface area (Å²) in [7, 11) is 1.64. The molecule has 0 aliphatic carbocycles. The van der Waals surface area contributed by atoms with Crippen molar-refractivity contribution in [2.45, 2.75) is 20.4 Å². The first-order valence-corrected chi connectivity index (χ1v) is 7.89. The fourth-order valence-electron chi connectivity index (χ4n) is 2.61. The Morgan fingerprint density at radius 1 is 1.16 bits per heavy atom. The second-order valence-corrected chi connectivity index (χ2v) is 5.91. The third kappa shape index (κ3) is 4.31. The van der Waals surface area contributed by atoms with Crippen LogP contribution < -0.4 is 10.1 Å². The summed E-state index contributed by atoms with van der Waals surface area (Å²) >= 11 is 0. The van der Waals surface area contributed by atoms with Gasteiger partial charge in [0.05, 0.1) is 13.7 Å². The lowest BCUT2D eigenvalue weighted by Crippen LogP contribution is -2.36. The summed E-state index contributed by atoms with van der Waals surface area (Å²) in [5, 5.41) is 3.30. The molecule has 0 aromatic heterocycles. The summed E-state index contributed by atoms with van der Waals surface area (Å²) < 4.78 is 5.17. The molecule has 5 nitrogen and oxygen atoms in total. The molecule has 1 heterocycles. The van der Waals surface area contributed by atoms with Gasteiger partial charge in [-0.2, -0.15) is 0 Å². The largest absolute Gasteiger partial charge is 0.497 e. The van der Waals surface area contributed by atoms with E-state index in [9.17, 15) is 4.79 Å². The number of aliphatic imine (C=N–C) groups is 1. The highest BCUT2D eigenvalue weighted by Crippen LogP contribution is 2.20. The highest BCUT2D eigenvalue weighted by molar-refractivity contribution is 6.09. The van der Waals surface area contributed by atoms with Gasteiger partial charge in [-0.1, -0.05) is 24.3 Å². The average Bonchev–Trinajstić information content (AvgIpc) is 2.92. The Hall–Kier alpha value is -2.53. The number of nitrogens with one attached hydrogen (secondary N) is 1. The topological polar surface area (TPSA) is 53.9 Å². The van der Waals surface area contributed by atoms with Crippen LogP contribution in [0.3, 0.4) is 0 Å². The molecular formula is C19H22ClN3O2. The molecule has 0 radical (unpaired) electrons. The first-order chi connectivity index (χ1) is 11.6. The molecule has 2 aromatic carbocycles. The monoisotopic (exact) mass is 359 g/mol. The van der Waals surface area contributed by atoms with Gasteiger partial charge in [0.15, 0.2) is 0 Å². The van der Waals surface area contributed by atoms with Crippen LogP contribution in [0.5, 0.6) is 5.75 Å². The lowest BCUT2D eigenvalue weighted by atomic mass is 10.1. The summed E-state index contributed by atoms with van der Waals surface area (Å²) in [6.45, 7) is 4.75. The summed E-state index contributed by atoms with van der Waals surface area (Å²) in [6, 6.07) is 13.9. The molecule has 1 aliphatic rings. The van der Waals surface area contributed by atoms with Crippen LogP contribution in [0.2, 0.25) is 0 Å². The van der Waals surface area contributed by atoms with Crippen molar-refractivity contribution in [3.8, 4) is 5.75 Å². The second kappa shape index (κ2) is 8.03. The molecule has 132 valence electrons. The molecule has 0 unspecified atom stereocenters. The number of nitrogens with zero attached hydrogens (tertiary/aromatic N) is 2. The number of carbonyl (C=O) groups excluding carboxylic acids is 1. The number of rotatable bonds is 4. The Kier molecular flexibility index (Phi) is 6.04. The Morgan fingerprint density at radius 3 is 2.56 bits per heavy atom. The third-order valence-corrected chi connectivity index (χ3v) is 4.06. The molecule has 0 fully saturated rings. The van der Waals surface area contributed by atoms with Crippen LogP contribution in [0.15, 0.2) is 47.5 Å². The van der Waals surface area contributed by atoms with Crippen molar-refractivity contribution < 1.29 is 9.53 Å². The van der Waals surface area contributed by atoms with Gasteiger partial charge in [0.25, 0.3) is 5.91 Å². The van der Waals surface area contributed by atoms with Gasteiger partial charge in [0.1, 0.15) is 12.3 Å². The fourth-order valence-corrected chi connectivity index (χ4v) is 2.61. The number of benzene rings is 2. The number of hydrogen-bond acceptors (Lipinski definition) is 4. The van der Waals surface area contributed by atoms with Crippen LogP contribution in [0, 0.1) is 13.8 Å². The average molecular weight is 360 g/mol. The molecule has 1 N–H and O–H groups in total. The minimum atomic E-state index is -0.00127. The number of carbonyl (C=O) groups is 1. The van der Waals surface area contributed by atoms with Gasteiger partial charge in [-0.05, 0) is 48.7 Å². The number of amides is 1. The van der Waals surface area contributed by atoms with Crippen LogP contribution in [0.1, 0.15) is 16.7 Å². The lowest BCUT2D eigenvalue weighted by Gasteiger charge is -2.20. The third-order valence-electron chi connectivity index (χ3n) is 4.06. The van der Waals surface area contributed by atoms with E-state index in [0.717, 1.165) is 28.1 Å². The van der Waals surface area contributed by atoms with Crippen molar-refractivity contribution >= 4 is 30.0 Å². The van der Waals surface area contributed by atoms with E-state index in [0.29, 0.717) is 12.5 Å². The molecule has 2 aromatic rings. The predicted molar refractivity (Wildman–Crippen MR) is 103 cm³/mol. The van der Waals surface area contributed by atoms with Crippen molar-refractivity contribution in [2.24, 2.45) is 4.99 Å². The number of guanidine groups is 1. The molecule has 25 heavy (non-hydrogen) atoms. The zero-order chi connectivity index (χ0) is 17.1. The smallest absolute Gasteiger partial charge is 0.251 e. The molecule has 3 rings (SSSR count). The number of aryl methyl sites for hydroxylation is 2. The molecule has 0 atom stereocenters. The number of hydrogen-bond donors (Lipinski definition) is 1. The Bertz CT molecular complexity index is 788. The number of ether oxygens (including phenoxy) is 1. The maximum absolute atomic E-state index is 12.2. The van der Waals surface area contributed by atoms with E-state index < -0.39 is 0 Å². The van der Waals surface area contributed by atoms with Gasteiger partial charge in [0, 0.05) is 5.69 Å². The highest BCUT2D eigenvalue weighted by atomic mass is 35.5. The van der Waals surface area contributed by atoms with Gasteiger partial charge in [0.2, 0.25) is 5.96 Å². The summed E-state index contributed by atoms with van der Waals surface area (Å²) in [5.74, 6) is 1.40. The van der Waals surface area contributed by atoms with E-state index in [-0.39, 0.29) is 24.9 Å². The highest BCUT2D eigenvalue weighted by Gasteiger charge is 2.26. The maximum atomic E-state index is 12.2. The van der Waals surface area contributed by atoms with Gasteiger partial charge in [-0.3, -0.25) is 9.69 Å².